The molecule has 0 radical (unpaired) electrons. The maximum absolute atomic E-state index is 12.9. The summed E-state index contributed by atoms with van der Waals surface area (Å²) in [6, 6.07) is 10.1. The van der Waals surface area contributed by atoms with E-state index in [1.807, 2.05) is 30.3 Å². The first-order valence-electron chi connectivity index (χ1n) is 8.11. The third-order valence-corrected chi connectivity index (χ3v) is 4.52. The van der Waals surface area contributed by atoms with Crippen LogP contribution in [0.3, 0.4) is 0 Å². The van der Waals surface area contributed by atoms with Crippen LogP contribution in [0.4, 0.5) is 0 Å². The molecule has 5 nitrogen and oxygen atoms in total. The topological polar surface area (TPSA) is 64.4 Å². The molecule has 3 rings (SSSR count). The lowest BCUT2D eigenvalue weighted by molar-refractivity contribution is -0.130. The Hall–Kier alpha value is -2.14. The number of hydrogen-bond donors (Lipinski definition) is 1. The summed E-state index contributed by atoms with van der Waals surface area (Å²) in [4.78, 5) is 12.9. The Kier molecular flexibility index (Phi) is 5.08. The van der Waals surface area contributed by atoms with Crippen LogP contribution in [0.25, 0.3) is 0 Å². The van der Waals surface area contributed by atoms with Gasteiger partial charge < -0.3 is 14.6 Å². The van der Waals surface area contributed by atoms with Crippen LogP contribution in [-0.4, -0.2) is 30.8 Å². The van der Waals surface area contributed by atoms with Gasteiger partial charge in [-0.15, -0.1) is 0 Å². The fraction of sp³-hybridized carbons (Fsp3) is 0.444. The number of carbonyl (C=O) groups is 1. The fourth-order valence-corrected chi connectivity index (χ4v) is 3.14. The molecule has 1 amide bonds. The van der Waals surface area contributed by atoms with Crippen molar-refractivity contribution in [2.45, 2.75) is 31.1 Å². The fourth-order valence-electron chi connectivity index (χ4n) is 3.14. The lowest BCUT2D eigenvalue weighted by Crippen LogP contribution is -2.48. The van der Waals surface area contributed by atoms with Crippen LogP contribution in [0.15, 0.2) is 47.3 Å². The Balaban J connectivity index is 1.61. The monoisotopic (exact) mass is 314 g/mol. The zero-order chi connectivity index (χ0) is 16.0. The van der Waals surface area contributed by atoms with Crippen LogP contribution in [0.2, 0.25) is 0 Å². The van der Waals surface area contributed by atoms with Gasteiger partial charge in [0, 0.05) is 25.3 Å². The summed E-state index contributed by atoms with van der Waals surface area (Å²) in [7, 11) is 0. The van der Waals surface area contributed by atoms with Gasteiger partial charge in [0.2, 0.25) is 5.91 Å². The van der Waals surface area contributed by atoms with E-state index in [1.165, 1.54) is 0 Å². The quantitative estimate of drug-likeness (QED) is 0.832. The molecule has 0 saturated carbocycles. The summed E-state index contributed by atoms with van der Waals surface area (Å²) in [5.41, 5.74) is 1.68. The predicted octanol–water partition coefficient (Wildman–Crippen LogP) is 2.47. The lowest BCUT2D eigenvalue weighted by Gasteiger charge is -2.36. The van der Waals surface area contributed by atoms with Crippen molar-refractivity contribution in [1.82, 2.24) is 10.5 Å². The summed E-state index contributed by atoms with van der Waals surface area (Å²) in [6.45, 7) is 1.91. The average molecular weight is 314 g/mol. The van der Waals surface area contributed by atoms with Crippen LogP contribution >= 0.6 is 0 Å². The van der Waals surface area contributed by atoms with Crippen molar-refractivity contribution >= 4 is 5.91 Å². The molecule has 0 unspecified atom stereocenters. The molecule has 122 valence electrons. The highest BCUT2D eigenvalue weighted by atomic mass is 16.5. The van der Waals surface area contributed by atoms with Gasteiger partial charge in [-0.25, -0.2) is 0 Å². The molecule has 2 heterocycles. The second kappa shape index (κ2) is 7.42. The maximum atomic E-state index is 12.9. The summed E-state index contributed by atoms with van der Waals surface area (Å²) in [6.07, 6.45) is 6.54. The molecule has 1 aliphatic rings. The highest BCUT2D eigenvalue weighted by molar-refractivity contribution is 5.88. The molecule has 1 fully saturated rings. The van der Waals surface area contributed by atoms with Crippen molar-refractivity contribution < 1.29 is 14.1 Å². The van der Waals surface area contributed by atoms with E-state index in [-0.39, 0.29) is 5.91 Å². The molecule has 0 spiro atoms. The Morgan fingerprint density at radius 1 is 1.22 bits per heavy atom. The van der Waals surface area contributed by atoms with Crippen LogP contribution in [0.5, 0.6) is 0 Å². The standard InChI is InChI=1S/C18H22N2O3/c21-17(19-10-4-5-15-13-20-23-14-15)18(8-11-22-12-9-18)16-6-2-1-3-7-16/h1-3,6-7,13-14H,4-5,8-12H2,(H,19,21). The summed E-state index contributed by atoms with van der Waals surface area (Å²) in [5.74, 6) is 0.109. The van der Waals surface area contributed by atoms with Crippen LogP contribution in [-0.2, 0) is 21.4 Å². The van der Waals surface area contributed by atoms with Crippen molar-refractivity contribution in [3.05, 3.63) is 53.9 Å². The number of aromatic nitrogens is 1. The largest absolute Gasteiger partial charge is 0.381 e. The molecule has 0 aliphatic carbocycles. The van der Waals surface area contributed by atoms with Gasteiger partial charge in [0.25, 0.3) is 0 Å². The number of benzene rings is 1. The highest BCUT2D eigenvalue weighted by Gasteiger charge is 2.41. The van der Waals surface area contributed by atoms with Crippen molar-refractivity contribution in [1.29, 1.82) is 0 Å². The normalized spacial score (nSPS) is 16.9. The molecular formula is C18H22N2O3. The number of nitrogens with one attached hydrogen (secondary N) is 1. The molecule has 0 atom stereocenters. The van der Waals surface area contributed by atoms with E-state index in [2.05, 4.69) is 10.5 Å². The van der Waals surface area contributed by atoms with Gasteiger partial charge >= 0.3 is 0 Å². The Bertz CT molecular complexity index is 604. The number of amides is 1. The van der Waals surface area contributed by atoms with Gasteiger partial charge in [0.15, 0.2) is 0 Å². The van der Waals surface area contributed by atoms with Crippen molar-refractivity contribution in [2.24, 2.45) is 0 Å². The summed E-state index contributed by atoms with van der Waals surface area (Å²) in [5, 5.41) is 6.79. The van der Waals surface area contributed by atoms with Crippen LogP contribution < -0.4 is 5.32 Å². The molecule has 1 N–H and O–H groups in total. The number of carbonyl (C=O) groups excluding carboxylic acids is 1. The molecule has 1 aliphatic heterocycles. The molecule has 2 aromatic rings. The third kappa shape index (κ3) is 3.62. The number of nitrogens with zero attached hydrogens (tertiary/aromatic N) is 1. The number of aryl methyl sites for hydroxylation is 1. The molecule has 1 aromatic carbocycles. The second-order valence-corrected chi connectivity index (χ2v) is 5.95. The van der Waals surface area contributed by atoms with Gasteiger partial charge in [0.05, 0.1) is 11.6 Å². The van der Waals surface area contributed by atoms with Gasteiger partial charge in [-0.3, -0.25) is 4.79 Å². The van der Waals surface area contributed by atoms with Gasteiger partial charge in [0.1, 0.15) is 6.26 Å². The second-order valence-electron chi connectivity index (χ2n) is 5.95. The molecular weight excluding hydrogens is 292 g/mol. The van der Waals surface area contributed by atoms with Crippen molar-refractivity contribution in [3.8, 4) is 0 Å². The number of hydrogen-bond acceptors (Lipinski definition) is 4. The maximum Gasteiger partial charge on any atom is 0.230 e. The van der Waals surface area contributed by atoms with Gasteiger partial charge in [-0.1, -0.05) is 35.5 Å². The molecule has 1 saturated heterocycles. The first-order chi connectivity index (χ1) is 11.3. The predicted molar refractivity (Wildman–Crippen MR) is 86.0 cm³/mol. The van der Waals surface area contributed by atoms with E-state index >= 15 is 0 Å². The first kappa shape index (κ1) is 15.7. The van der Waals surface area contributed by atoms with E-state index < -0.39 is 5.41 Å². The Morgan fingerprint density at radius 2 is 2.00 bits per heavy atom. The third-order valence-electron chi connectivity index (χ3n) is 4.52. The zero-order valence-corrected chi connectivity index (χ0v) is 13.2. The Morgan fingerprint density at radius 3 is 2.70 bits per heavy atom. The molecule has 23 heavy (non-hydrogen) atoms. The van der Waals surface area contributed by atoms with Crippen LogP contribution in [0.1, 0.15) is 30.4 Å². The Labute approximate surface area is 136 Å². The van der Waals surface area contributed by atoms with Crippen LogP contribution in [0, 0.1) is 0 Å². The van der Waals surface area contributed by atoms with E-state index in [4.69, 9.17) is 9.26 Å². The average Bonchev–Trinajstić information content (AvgIpc) is 3.13. The summed E-state index contributed by atoms with van der Waals surface area (Å²) < 4.78 is 10.3. The van der Waals surface area contributed by atoms with Gasteiger partial charge in [-0.2, -0.15) is 0 Å². The zero-order valence-electron chi connectivity index (χ0n) is 13.2. The molecule has 0 bridgehead atoms. The van der Waals surface area contributed by atoms with Gasteiger partial charge in [-0.05, 0) is 31.2 Å². The molecule has 1 aromatic heterocycles. The number of ether oxygens (including phenoxy) is 1. The van der Waals surface area contributed by atoms with Crippen molar-refractivity contribution in [2.75, 3.05) is 19.8 Å². The first-order valence-corrected chi connectivity index (χ1v) is 8.11. The summed E-state index contributed by atoms with van der Waals surface area (Å²) >= 11 is 0. The lowest BCUT2D eigenvalue weighted by atomic mass is 9.73. The molecule has 5 heteroatoms. The smallest absolute Gasteiger partial charge is 0.230 e. The van der Waals surface area contributed by atoms with E-state index in [9.17, 15) is 4.79 Å². The number of rotatable bonds is 6. The van der Waals surface area contributed by atoms with Crippen molar-refractivity contribution in [3.63, 3.8) is 0 Å². The SMILES string of the molecule is O=C(NCCCc1cnoc1)C1(c2ccccc2)CCOCC1. The highest BCUT2D eigenvalue weighted by Crippen LogP contribution is 2.35. The minimum absolute atomic E-state index is 0.109. The minimum Gasteiger partial charge on any atom is -0.381 e. The van der Waals surface area contributed by atoms with E-state index in [0.717, 1.165) is 36.8 Å². The minimum atomic E-state index is -0.462. The van der Waals surface area contributed by atoms with E-state index in [0.29, 0.717) is 19.8 Å². The van der Waals surface area contributed by atoms with E-state index in [1.54, 1.807) is 12.5 Å².